The van der Waals surface area contributed by atoms with Crippen molar-refractivity contribution in [2.45, 2.75) is 30.3 Å². The lowest BCUT2D eigenvalue weighted by Gasteiger charge is -2.12. The molecule has 216 valence electrons. The van der Waals surface area contributed by atoms with Gasteiger partial charge in [-0.05, 0) is 85.1 Å². The molecule has 0 amide bonds. The summed E-state index contributed by atoms with van der Waals surface area (Å²) in [4.78, 5) is 8.51. The first-order valence-electron chi connectivity index (χ1n) is 13.4. The van der Waals surface area contributed by atoms with Crippen LogP contribution < -0.4 is 10.0 Å². The number of rotatable bonds is 13. The number of aliphatic hydroxyl groups excluding tert-OH is 1. The summed E-state index contributed by atoms with van der Waals surface area (Å²) in [6, 6.07) is 23.3. The van der Waals surface area contributed by atoms with Gasteiger partial charge < -0.3 is 14.9 Å². The molecular weight excluding hydrogens is 557 g/mol. The lowest BCUT2D eigenvalue weighted by Crippen LogP contribution is -2.23. The summed E-state index contributed by atoms with van der Waals surface area (Å²) in [5.74, 6) is 0.514. The molecule has 0 bridgehead atoms. The van der Waals surface area contributed by atoms with Crippen LogP contribution in [0, 0.1) is 5.82 Å². The molecule has 5 rings (SSSR count). The van der Waals surface area contributed by atoms with E-state index < -0.39 is 16.1 Å². The zero-order chi connectivity index (χ0) is 29.4. The van der Waals surface area contributed by atoms with Crippen molar-refractivity contribution >= 4 is 15.7 Å². The van der Waals surface area contributed by atoms with Gasteiger partial charge in [0.15, 0.2) is 0 Å². The summed E-state index contributed by atoms with van der Waals surface area (Å²) in [5.41, 5.74) is 3.82. The van der Waals surface area contributed by atoms with Crippen molar-refractivity contribution in [3.63, 3.8) is 0 Å². The molecule has 2 aromatic heterocycles. The van der Waals surface area contributed by atoms with Gasteiger partial charge >= 0.3 is 0 Å². The molecule has 0 aliphatic rings. The number of aliphatic hydroxyl groups is 1. The largest absolute Gasteiger partial charge is 0.387 e. The molecule has 0 saturated carbocycles. The molecule has 0 aliphatic heterocycles. The predicted molar refractivity (Wildman–Crippen MR) is 157 cm³/mol. The number of benzene rings is 3. The molecule has 9 nitrogen and oxygen atoms in total. The number of halogens is 1. The predicted octanol–water partition coefficient (Wildman–Crippen LogP) is 4.72. The average Bonchev–Trinajstić information content (AvgIpc) is 3.49. The van der Waals surface area contributed by atoms with Crippen molar-refractivity contribution in [2.75, 3.05) is 17.8 Å². The molecule has 0 spiro atoms. The third-order valence-electron chi connectivity index (χ3n) is 6.64. The lowest BCUT2D eigenvalue weighted by atomic mass is 10.1. The second-order valence-electron chi connectivity index (χ2n) is 9.72. The van der Waals surface area contributed by atoms with Gasteiger partial charge in [-0.3, -0.25) is 9.71 Å². The second kappa shape index (κ2) is 13.5. The van der Waals surface area contributed by atoms with Crippen molar-refractivity contribution in [1.29, 1.82) is 0 Å². The van der Waals surface area contributed by atoms with Crippen molar-refractivity contribution in [2.24, 2.45) is 0 Å². The first kappa shape index (κ1) is 29.1. The smallest absolute Gasteiger partial charge is 0.261 e. The fourth-order valence-electron chi connectivity index (χ4n) is 4.28. The minimum absolute atomic E-state index is 0.103. The molecule has 11 heteroatoms. The van der Waals surface area contributed by atoms with E-state index in [-0.39, 0.29) is 10.7 Å². The Morgan fingerprint density at radius 3 is 2.31 bits per heavy atom. The highest BCUT2D eigenvalue weighted by molar-refractivity contribution is 7.92. The minimum atomic E-state index is -3.81. The molecule has 5 aromatic rings. The highest BCUT2D eigenvalue weighted by atomic mass is 32.2. The van der Waals surface area contributed by atoms with E-state index in [2.05, 4.69) is 25.2 Å². The first-order valence-corrected chi connectivity index (χ1v) is 14.9. The molecule has 1 atom stereocenters. The lowest BCUT2D eigenvalue weighted by molar-refractivity contribution is 0.174. The molecule has 0 radical (unpaired) electrons. The summed E-state index contributed by atoms with van der Waals surface area (Å²) in [6.07, 6.45) is 4.52. The SMILES string of the molecule is O=S(=O)(Nc1ccc(CCNC[C@H](O)c2cccnc2)cc1)c1ccc(-c2noc(CCc3ccc(F)cc3)n2)cc1. The van der Waals surface area contributed by atoms with E-state index in [1.807, 2.05) is 18.2 Å². The Labute approximate surface area is 243 Å². The van der Waals surface area contributed by atoms with Crippen LogP contribution in [0.4, 0.5) is 10.1 Å². The number of nitrogens with zero attached hydrogens (tertiary/aromatic N) is 3. The van der Waals surface area contributed by atoms with Gasteiger partial charge in [0.1, 0.15) is 5.82 Å². The van der Waals surface area contributed by atoms with E-state index in [0.29, 0.717) is 48.9 Å². The highest BCUT2D eigenvalue weighted by Gasteiger charge is 2.16. The van der Waals surface area contributed by atoms with Crippen LogP contribution in [0.25, 0.3) is 11.4 Å². The van der Waals surface area contributed by atoms with Crippen LogP contribution in [0.2, 0.25) is 0 Å². The molecule has 0 fully saturated rings. The van der Waals surface area contributed by atoms with Crippen molar-refractivity contribution in [3.05, 3.63) is 126 Å². The zero-order valence-electron chi connectivity index (χ0n) is 22.7. The van der Waals surface area contributed by atoms with Crippen LogP contribution in [-0.2, 0) is 29.3 Å². The van der Waals surface area contributed by atoms with E-state index in [9.17, 15) is 17.9 Å². The number of aryl methyl sites for hydroxylation is 2. The molecule has 0 unspecified atom stereocenters. The fraction of sp³-hybridized carbons (Fsp3) is 0.194. The Kier molecular flexibility index (Phi) is 9.32. The molecule has 3 aromatic carbocycles. The first-order chi connectivity index (χ1) is 20.4. The molecule has 42 heavy (non-hydrogen) atoms. The Hall–Kier alpha value is -4.45. The van der Waals surface area contributed by atoms with Gasteiger partial charge in [-0.1, -0.05) is 35.5 Å². The highest BCUT2D eigenvalue weighted by Crippen LogP contribution is 2.22. The second-order valence-corrected chi connectivity index (χ2v) is 11.4. The normalized spacial score (nSPS) is 12.2. The summed E-state index contributed by atoms with van der Waals surface area (Å²) in [7, 11) is -3.81. The molecule has 0 aliphatic carbocycles. The number of hydrogen-bond acceptors (Lipinski definition) is 8. The summed E-state index contributed by atoms with van der Waals surface area (Å²) < 4.78 is 46.9. The summed E-state index contributed by atoms with van der Waals surface area (Å²) in [5, 5.41) is 17.4. The maximum Gasteiger partial charge on any atom is 0.261 e. The Morgan fingerprint density at radius 2 is 1.60 bits per heavy atom. The Bertz CT molecular complexity index is 1680. The van der Waals surface area contributed by atoms with E-state index >= 15 is 0 Å². The third-order valence-corrected chi connectivity index (χ3v) is 8.03. The zero-order valence-corrected chi connectivity index (χ0v) is 23.5. The van der Waals surface area contributed by atoms with Crippen molar-refractivity contribution in [1.82, 2.24) is 20.4 Å². The van der Waals surface area contributed by atoms with Crippen LogP contribution >= 0.6 is 0 Å². The average molecular weight is 588 g/mol. The van der Waals surface area contributed by atoms with Gasteiger partial charge in [0.2, 0.25) is 11.7 Å². The van der Waals surface area contributed by atoms with Gasteiger partial charge in [0.05, 0.1) is 11.0 Å². The molecular formula is C31H30FN5O4S. The molecule has 0 saturated heterocycles. The number of anilines is 1. The summed E-state index contributed by atoms with van der Waals surface area (Å²) >= 11 is 0. The van der Waals surface area contributed by atoms with Gasteiger partial charge in [-0.2, -0.15) is 4.98 Å². The van der Waals surface area contributed by atoms with Gasteiger partial charge in [-0.25, -0.2) is 12.8 Å². The van der Waals surface area contributed by atoms with Crippen LogP contribution in [0.1, 0.15) is 28.7 Å². The van der Waals surface area contributed by atoms with E-state index in [1.54, 1.807) is 54.9 Å². The van der Waals surface area contributed by atoms with Crippen LogP contribution in [0.15, 0.2) is 107 Å². The quantitative estimate of drug-likeness (QED) is 0.169. The number of hydrogen-bond donors (Lipinski definition) is 3. The van der Waals surface area contributed by atoms with E-state index in [4.69, 9.17) is 4.52 Å². The number of pyridine rings is 1. The number of sulfonamides is 1. The third kappa shape index (κ3) is 7.84. The maximum absolute atomic E-state index is 13.1. The molecule has 2 heterocycles. The van der Waals surface area contributed by atoms with E-state index in [1.165, 1.54) is 24.3 Å². The topological polar surface area (TPSA) is 130 Å². The van der Waals surface area contributed by atoms with Crippen LogP contribution in [-0.4, -0.2) is 41.7 Å². The van der Waals surface area contributed by atoms with Gasteiger partial charge in [-0.15, -0.1) is 0 Å². The van der Waals surface area contributed by atoms with Crippen LogP contribution in [0.5, 0.6) is 0 Å². The molecule has 3 N–H and O–H groups in total. The van der Waals surface area contributed by atoms with Crippen molar-refractivity contribution in [3.8, 4) is 11.4 Å². The number of aromatic nitrogens is 3. The summed E-state index contributed by atoms with van der Waals surface area (Å²) in [6.45, 7) is 1.07. The number of nitrogens with one attached hydrogen (secondary N) is 2. The van der Waals surface area contributed by atoms with E-state index in [0.717, 1.165) is 23.1 Å². The monoisotopic (exact) mass is 587 g/mol. The van der Waals surface area contributed by atoms with Gasteiger partial charge in [0.25, 0.3) is 10.0 Å². The minimum Gasteiger partial charge on any atom is -0.387 e. The standard InChI is InChI=1S/C31H30FN5O4S/c32-26-10-3-22(4-11-26)7-16-30-35-31(36-41-30)24-8-14-28(15-9-24)42(39,40)37-27-12-5-23(6-13-27)17-19-34-21-29(38)25-2-1-18-33-20-25/h1-6,8-15,18,20,29,34,37-38H,7,16-17,19,21H2/t29-/m0/s1. The van der Waals surface area contributed by atoms with Crippen LogP contribution in [0.3, 0.4) is 0 Å². The van der Waals surface area contributed by atoms with Gasteiger partial charge in [0, 0.05) is 42.2 Å². The Balaban J connectivity index is 1.11. The van der Waals surface area contributed by atoms with Crippen molar-refractivity contribution < 1.29 is 22.4 Å². The Morgan fingerprint density at radius 1 is 0.881 bits per heavy atom. The maximum atomic E-state index is 13.1. The fourth-order valence-corrected chi connectivity index (χ4v) is 5.33.